The molecule has 1 aliphatic heterocycles. The molecule has 2 aromatic carbocycles. The summed E-state index contributed by atoms with van der Waals surface area (Å²) in [6.07, 6.45) is -0.448. The SMILES string of the molecule is COc1cc(C(C)NC(=O)C2CNCCO2)ccc1OCc1ccccc1. The van der Waals surface area contributed by atoms with Crippen LogP contribution in [0.3, 0.4) is 0 Å². The lowest BCUT2D eigenvalue weighted by Gasteiger charge is -2.25. The maximum atomic E-state index is 12.3. The first kappa shape index (κ1) is 19.2. The van der Waals surface area contributed by atoms with Gasteiger partial charge in [-0.05, 0) is 30.2 Å². The Labute approximate surface area is 159 Å². The molecule has 6 heteroatoms. The van der Waals surface area contributed by atoms with E-state index in [0.717, 1.165) is 17.7 Å². The van der Waals surface area contributed by atoms with Crippen LogP contribution in [-0.4, -0.2) is 38.8 Å². The number of nitrogens with one attached hydrogen (secondary N) is 2. The Bertz CT molecular complexity index is 745. The second kappa shape index (κ2) is 9.39. The van der Waals surface area contributed by atoms with Crippen LogP contribution in [0.2, 0.25) is 0 Å². The van der Waals surface area contributed by atoms with Crippen molar-refractivity contribution in [2.45, 2.75) is 25.7 Å². The van der Waals surface area contributed by atoms with E-state index in [2.05, 4.69) is 10.6 Å². The van der Waals surface area contributed by atoms with Crippen molar-refractivity contribution in [1.29, 1.82) is 0 Å². The molecule has 0 bridgehead atoms. The van der Waals surface area contributed by atoms with Gasteiger partial charge in [-0.1, -0.05) is 36.4 Å². The maximum absolute atomic E-state index is 12.3. The smallest absolute Gasteiger partial charge is 0.250 e. The summed E-state index contributed by atoms with van der Waals surface area (Å²) >= 11 is 0. The lowest BCUT2D eigenvalue weighted by Crippen LogP contribution is -2.48. The van der Waals surface area contributed by atoms with E-state index in [4.69, 9.17) is 14.2 Å². The third-order valence-corrected chi connectivity index (χ3v) is 4.50. The molecule has 0 spiro atoms. The Hall–Kier alpha value is -2.57. The van der Waals surface area contributed by atoms with E-state index < -0.39 is 6.10 Å². The minimum Gasteiger partial charge on any atom is -0.493 e. The molecule has 1 saturated heterocycles. The number of hydrogen-bond donors (Lipinski definition) is 2. The van der Waals surface area contributed by atoms with Crippen molar-refractivity contribution in [2.24, 2.45) is 0 Å². The van der Waals surface area contributed by atoms with E-state index in [-0.39, 0.29) is 11.9 Å². The monoisotopic (exact) mass is 370 g/mol. The second-order valence-electron chi connectivity index (χ2n) is 6.48. The number of methoxy groups -OCH3 is 1. The predicted octanol–water partition coefficient (Wildman–Crippen LogP) is 2.44. The van der Waals surface area contributed by atoms with Gasteiger partial charge >= 0.3 is 0 Å². The van der Waals surface area contributed by atoms with Gasteiger partial charge in [-0.2, -0.15) is 0 Å². The van der Waals surface area contributed by atoms with E-state index in [0.29, 0.717) is 31.3 Å². The van der Waals surface area contributed by atoms with Gasteiger partial charge in [-0.25, -0.2) is 0 Å². The topological polar surface area (TPSA) is 68.8 Å². The summed E-state index contributed by atoms with van der Waals surface area (Å²) in [5.74, 6) is 1.20. The van der Waals surface area contributed by atoms with Gasteiger partial charge in [0.25, 0.3) is 5.91 Å². The van der Waals surface area contributed by atoms with Gasteiger partial charge in [0, 0.05) is 13.1 Å². The Morgan fingerprint density at radius 1 is 1.26 bits per heavy atom. The van der Waals surface area contributed by atoms with Crippen LogP contribution in [0, 0.1) is 0 Å². The maximum Gasteiger partial charge on any atom is 0.250 e. The summed E-state index contributed by atoms with van der Waals surface area (Å²) in [7, 11) is 1.61. The largest absolute Gasteiger partial charge is 0.493 e. The first-order valence-corrected chi connectivity index (χ1v) is 9.14. The van der Waals surface area contributed by atoms with Crippen molar-refractivity contribution in [2.75, 3.05) is 26.8 Å². The van der Waals surface area contributed by atoms with Crippen molar-refractivity contribution in [3.8, 4) is 11.5 Å². The van der Waals surface area contributed by atoms with Crippen molar-refractivity contribution < 1.29 is 19.0 Å². The average Bonchev–Trinajstić information content (AvgIpc) is 2.73. The van der Waals surface area contributed by atoms with E-state index in [1.54, 1.807) is 7.11 Å². The molecule has 0 aliphatic carbocycles. The summed E-state index contributed by atoms with van der Waals surface area (Å²) in [4.78, 5) is 12.3. The summed E-state index contributed by atoms with van der Waals surface area (Å²) < 4.78 is 16.9. The van der Waals surface area contributed by atoms with Crippen LogP contribution in [0.4, 0.5) is 0 Å². The number of benzene rings is 2. The molecule has 1 amide bonds. The summed E-state index contributed by atoms with van der Waals surface area (Å²) in [5.41, 5.74) is 2.03. The summed E-state index contributed by atoms with van der Waals surface area (Å²) in [5, 5.41) is 6.15. The normalized spacial score (nSPS) is 17.8. The first-order chi connectivity index (χ1) is 13.2. The highest BCUT2D eigenvalue weighted by Crippen LogP contribution is 2.31. The summed E-state index contributed by atoms with van der Waals surface area (Å²) in [6, 6.07) is 15.5. The van der Waals surface area contributed by atoms with Crippen LogP contribution < -0.4 is 20.1 Å². The number of hydrogen-bond acceptors (Lipinski definition) is 5. The van der Waals surface area contributed by atoms with Gasteiger partial charge in [-0.3, -0.25) is 4.79 Å². The average molecular weight is 370 g/mol. The zero-order chi connectivity index (χ0) is 19.1. The first-order valence-electron chi connectivity index (χ1n) is 9.14. The highest BCUT2D eigenvalue weighted by molar-refractivity contribution is 5.81. The van der Waals surface area contributed by atoms with Gasteiger partial charge in [0.15, 0.2) is 11.5 Å². The Morgan fingerprint density at radius 2 is 2.07 bits per heavy atom. The van der Waals surface area contributed by atoms with Crippen LogP contribution in [0.15, 0.2) is 48.5 Å². The van der Waals surface area contributed by atoms with Crippen LogP contribution in [0.5, 0.6) is 11.5 Å². The number of carbonyl (C=O) groups is 1. The third kappa shape index (κ3) is 5.21. The van der Waals surface area contributed by atoms with Crippen molar-refractivity contribution in [3.05, 3.63) is 59.7 Å². The molecule has 2 N–H and O–H groups in total. The Morgan fingerprint density at radius 3 is 2.78 bits per heavy atom. The van der Waals surface area contributed by atoms with E-state index in [1.165, 1.54) is 0 Å². The molecule has 3 rings (SSSR count). The summed E-state index contributed by atoms with van der Waals surface area (Å²) in [6.45, 7) is 4.27. The second-order valence-corrected chi connectivity index (χ2v) is 6.48. The van der Waals surface area contributed by atoms with Crippen LogP contribution >= 0.6 is 0 Å². The highest BCUT2D eigenvalue weighted by Gasteiger charge is 2.23. The molecule has 2 atom stereocenters. The molecule has 0 saturated carbocycles. The number of rotatable bonds is 7. The standard InChI is InChI=1S/C21H26N2O4/c1-15(23-21(24)20-13-22-10-11-26-20)17-8-9-18(19(12-17)25-2)27-14-16-6-4-3-5-7-16/h3-9,12,15,20,22H,10-11,13-14H2,1-2H3,(H,23,24). The van der Waals surface area contributed by atoms with Gasteiger partial charge < -0.3 is 24.8 Å². The molecule has 0 radical (unpaired) electrons. The molecule has 27 heavy (non-hydrogen) atoms. The molecular formula is C21H26N2O4. The minimum atomic E-state index is -0.448. The Kier molecular flexibility index (Phi) is 6.68. The molecule has 1 heterocycles. The molecule has 6 nitrogen and oxygen atoms in total. The highest BCUT2D eigenvalue weighted by atomic mass is 16.5. The van der Waals surface area contributed by atoms with Crippen molar-refractivity contribution >= 4 is 5.91 Å². The molecule has 2 aromatic rings. The van der Waals surface area contributed by atoms with Crippen molar-refractivity contribution in [1.82, 2.24) is 10.6 Å². The number of morpholine rings is 1. The minimum absolute atomic E-state index is 0.113. The molecule has 2 unspecified atom stereocenters. The number of carbonyl (C=O) groups excluding carboxylic acids is 1. The van der Waals surface area contributed by atoms with E-state index in [9.17, 15) is 4.79 Å². The lowest BCUT2D eigenvalue weighted by molar-refractivity contribution is -0.134. The van der Waals surface area contributed by atoms with Gasteiger partial charge in [-0.15, -0.1) is 0 Å². The third-order valence-electron chi connectivity index (χ3n) is 4.50. The van der Waals surface area contributed by atoms with Crippen LogP contribution in [-0.2, 0) is 16.1 Å². The molecule has 1 aliphatic rings. The lowest BCUT2D eigenvalue weighted by atomic mass is 10.1. The molecule has 1 fully saturated rings. The predicted molar refractivity (Wildman–Crippen MR) is 103 cm³/mol. The molecular weight excluding hydrogens is 344 g/mol. The fourth-order valence-corrected chi connectivity index (χ4v) is 2.93. The van der Waals surface area contributed by atoms with Crippen LogP contribution in [0.25, 0.3) is 0 Å². The van der Waals surface area contributed by atoms with Gasteiger partial charge in [0.1, 0.15) is 12.7 Å². The molecule has 0 aromatic heterocycles. The fourth-order valence-electron chi connectivity index (χ4n) is 2.93. The zero-order valence-electron chi connectivity index (χ0n) is 15.7. The quantitative estimate of drug-likeness (QED) is 0.784. The fraction of sp³-hybridized carbons (Fsp3) is 0.381. The van der Waals surface area contributed by atoms with E-state index >= 15 is 0 Å². The van der Waals surface area contributed by atoms with Gasteiger partial charge in [0.2, 0.25) is 0 Å². The number of amides is 1. The van der Waals surface area contributed by atoms with Gasteiger partial charge in [0.05, 0.1) is 19.8 Å². The van der Waals surface area contributed by atoms with E-state index in [1.807, 2.05) is 55.5 Å². The Balaban J connectivity index is 1.62. The molecule has 144 valence electrons. The van der Waals surface area contributed by atoms with Crippen LogP contribution in [0.1, 0.15) is 24.1 Å². The zero-order valence-corrected chi connectivity index (χ0v) is 15.7. The number of ether oxygens (including phenoxy) is 3. The van der Waals surface area contributed by atoms with Crippen molar-refractivity contribution in [3.63, 3.8) is 0 Å².